The average Bonchev–Trinajstić information content (AvgIpc) is 3.02. The average molecular weight is 498 g/mol. The summed E-state index contributed by atoms with van der Waals surface area (Å²) in [5, 5.41) is 4.95. The normalized spacial score (nSPS) is 11.1. The molecule has 0 unspecified atom stereocenters. The number of rotatable bonds is 5. The molecule has 0 amide bonds. The summed E-state index contributed by atoms with van der Waals surface area (Å²) in [5.74, 6) is 0. The highest BCUT2D eigenvalue weighted by Gasteiger charge is 2.19. The molecule has 39 heavy (non-hydrogen) atoms. The lowest BCUT2D eigenvalue weighted by atomic mass is 9.98. The Kier molecular flexibility index (Phi) is 5.88. The van der Waals surface area contributed by atoms with Crippen molar-refractivity contribution in [3.8, 4) is 22.3 Å². The lowest BCUT2D eigenvalue weighted by molar-refractivity contribution is 1.30. The maximum atomic E-state index is 2.41. The maximum absolute atomic E-state index is 2.41. The summed E-state index contributed by atoms with van der Waals surface area (Å²) in [6.07, 6.45) is 0. The summed E-state index contributed by atoms with van der Waals surface area (Å²) in [6, 6.07) is 58.7. The third-order valence-electron chi connectivity index (χ3n) is 7.42. The van der Waals surface area contributed by atoms with E-state index in [0.29, 0.717) is 0 Å². The SMILES string of the molecule is c1ccc(-c2ccccc2N(c2cccc(-c3ccc4ccccc4c3)c2)c2cccc3ccccc23)cc1. The molecule has 0 aliphatic rings. The van der Waals surface area contributed by atoms with Gasteiger partial charge in [-0.15, -0.1) is 0 Å². The van der Waals surface area contributed by atoms with Crippen molar-refractivity contribution in [3.63, 3.8) is 0 Å². The van der Waals surface area contributed by atoms with Crippen LogP contribution in [0.4, 0.5) is 17.1 Å². The fraction of sp³-hybridized carbons (Fsp3) is 0. The fourth-order valence-corrected chi connectivity index (χ4v) is 5.54. The minimum absolute atomic E-state index is 1.13. The molecule has 0 aliphatic carbocycles. The minimum atomic E-state index is 1.13. The summed E-state index contributed by atoms with van der Waals surface area (Å²) in [7, 11) is 0. The first-order chi connectivity index (χ1) is 19.3. The number of nitrogens with zero attached hydrogens (tertiary/aromatic N) is 1. The van der Waals surface area contributed by atoms with Crippen LogP contribution in [-0.2, 0) is 0 Å². The van der Waals surface area contributed by atoms with E-state index in [0.717, 1.165) is 17.1 Å². The van der Waals surface area contributed by atoms with E-state index in [2.05, 4.69) is 169 Å². The van der Waals surface area contributed by atoms with Crippen molar-refractivity contribution in [2.45, 2.75) is 0 Å². The van der Waals surface area contributed by atoms with Gasteiger partial charge in [-0.05, 0) is 63.2 Å². The van der Waals surface area contributed by atoms with Crippen LogP contribution >= 0.6 is 0 Å². The summed E-state index contributed by atoms with van der Waals surface area (Å²) < 4.78 is 0. The van der Waals surface area contributed by atoms with Gasteiger partial charge in [-0.1, -0.05) is 133 Å². The molecule has 1 nitrogen and oxygen atoms in total. The van der Waals surface area contributed by atoms with Gasteiger partial charge in [0.15, 0.2) is 0 Å². The molecule has 1 heteroatoms. The molecule has 7 aromatic carbocycles. The first kappa shape index (κ1) is 23.0. The Balaban J connectivity index is 1.46. The molecule has 0 saturated carbocycles. The molecule has 0 heterocycles. The molecule has 0 spiro atoms. The Morgan fingerprint density at radius 3 is 1.85 bits per heavy atom. The topological polar surface area (TPSA) is 3.24 Å². The van der Waals surface area contributed by atoms with Crippen molar-refractivity contribution in [1.82, 2.24) is 0 Å². The van der Waals surface area contributed by atoms with Crippen molar-refractivity contribution in [2.75, 3.05) is 4.90 Å². The molecule has 7 aromatic rings. The molecular formula is C38H27N. The van der Waals surface area contributed by atoms with E-state index in [9.17, 15) is 0 Å². The van der Waals surface area contributed by atoms with E-state index in [4.69, 9.17) is 0 Å². The van der Waals surface area contributed by atoms with Gasteiger partial charge in [0.25, 0.3) is 0 Å². The summed E-state index contributed by atoms with van der Waals surface area (Å²) in [6.45, 7) is 0. The third kappa shape index (κ3) is 4.35. The van der Waals surface area contributed by atoms with Crippen LogP contribution in [0, 0.1) is 0 Å². The monoisotopic (exact) mass is 497 g/mol. The van der Waals surface area contributed by atoms with Crippen molar-refractivity contribution >= 4 is 38.6 Å². The second-order valence-electron chi connectivity index (χ2n) is 9.83. The lowest BCUT2D eigenvalue weighted by Crippen LogP contribution is -2.11. The molecule has 0 fully saturated rings. The minimum Gasteiger partial charge on any atom is -0.309 e. The summed E-state index contributed by atoms with van der Waals surface area (Å²) in [4.78, 5) is 2.41. The fourth-order valence-electron chi connectivity index (χ4n) is 5.54. The van der Waals surface area contributed by atoms with Gasteiger partial charge in [-0.25, -0.2) is 0 Å². The van der Waals surface area contributed by atoms with E-state index < -0.39 is 0 Å². The van der Waals surface area contributed by atoms with Crippen LogP contribution in [0.5, 0.6) is 0 Å². The Hall–Kier alpha value is -5.14. The van der Waals surface area contributed by atoms with Crippen LogP contribution in [0.15, 0.2) is 164 Å². The molecule has 0 aromatic heterocycles. The highest BCUT2D eigenvalue weighted by Crippen LogP contribution is 2.44. The molecule has 0 bridgehead atoms. The van der Waals surface area contributed by atoms with Crippen molar-refractivity contribution in [3.05, 3.63) is 164 Å². The number of hydrogen-bond donors (Lipinski definition) is 0. The van der Waals surface area contributed by atoms with Crippen molar-refractivity contribution in [1.29, 1.82) is 0 Å². The van der Waals surface area contributed by atoms with Gasteiger partial charge in [-0.3, -0.25) is 0 Å². The lowest BCUT2D eigenvalue weighted by Gasteiger charge is -2.29. The Labute approximate surface area is 229 Å². The van der Waals surface area contributed by atoms with E-state index >= 15 is 0 Å². The van der Waals surface area contributed by atoms with Crippen molar-refractivity contribution in [2.24, 2.45) is 0 Å². The molecular weight excluding hydrogens is 470 g/mol. The van der Waals surface area contributed by atoms with Crippen molar-refractivity contribution < 1.29 is 0 Å². The second kappa shape index (κ2) is 9.96. The Bertz CT molecular complexity index is 1910. The predicted octanol–water partition coefficient (Wildman–Crippen LogP) is 10.8. The van der Waals surface area contributed by atoms with Gasteiger partial charge in [0.1, 0.15) is 0 Å². The molecule has 184 valence electrons. The molecule has 0 N–H and O–H groups in total. The molecule has 0 radical (unpaired) electrons. The first-order valence-electron chi connectivity index (χ1n) is 13.4. The zero-order valence-electron chi connectivity index (χ0n) is 21.5. The van der Waals surface area contributed by atoms with Crippen LogP contribution in [0.25, 0.3) is 43.8 Å². The zero-order valence-corrected chi connectivity index (χ0v) is 21.5. The first-order valence-corrected chi connectivity index (χ1v) is 13.4. The number of para-hydroxylation sites is 1. The highest BCUT2D eigenvalue weighted by molar-refractivity contribution is 6.01. The van der Waals surface area contributed by atoms with Gasteiger partial charge < -0.3 is 4.90 Å². The van der Waals surface area contributed by atoms with Crippen LogP contribution < -0.4 is 4.90 Å². The Morgan fingerprint density at radius 1 is 0.333 bits per heavy atom. The largest absolute Gasteiger partial charge is 0.309 e. The van der Waals surface area contributed by atoms with Gasteiger partial charge in [-0.2, -0.15) is 0 Å². The van der Waals surface area contributed by atoms with Gasteiger partial charge >= 0.3 is 0 Å². The van der Waals surface area contributed by atoms with E-state index in [1.165, 1.54) is 43.8 Å². The Morgan fingerprint density at radius 2 is 0.949 bits per heavy atom. The molecule has 0 saturated heterocycles. The number of benzene rings is 7. The second-order valence-corrected chi connectivity index (χ2v) is 9.83. The van der Waals surface area contributed by atoms with Crippen LogP contribution in [-0.4, -0.2) is 0 Å². The van der Waals surface area contributed by atoms with Crippen LogP contribution in [0.1, 0.15) is 0 Å². The molecule has 0 aliphatic heterocycles. The van der Waals surface area contributed by atoms with Gasteiger partial charge in [0.05, 0.1) is 11.4 Å². The van der Waals surface area contributed by atoms with E-state index in [1.54, 1.807) is 0 Å². The molecule has 0 atom stereocenters. The summed E-state index contributed by atoms with van der Waals surface area (Å²) in [5.41, 5.74) is 8.24. The third-order valence-corrected chi connectivity index (χ3v) is 7.42. The number of fused-ring (bicyclic) bond motifs is 2. The van der Waals surface area contributed by atoms with Crippen LogP contribution in [0.3, 0.4) is 0 Å². The van der Waals surface area contributed by atoms with E-state index in [1.807, 2.05) is 0 Å². The standard InChI is InChI=1S/C38H27N/c1-2-13-29(14-3-1)35-21-8-9-22-37(35)39(38-23-11-17-30-15-6-7-20-36(30)38)34-19-10-18-32(27-34)33-25-24-28-12-4-5-16-31(28)26-33/h1-27H. The number of hydrogen-bond acceptors (Lipinski definition) is 1. The van der Waals surface area contributed by atoms with Gasteiger partial charge in [0.2, 0.25) is 0 Å². The quantitative estimate of drug-likeness (QED) is 0.229. The molecule has 7 rings (SSSR count). The predicted molar refractivity (Wildman–Crippen MR) is 167 cm³/mol. The summed E-state index contributed by atoms with van der Waals surface area (Å²) >= 11 is 0. The van der Waals surface area contributed by atoms with Crippen LogP contribution in [0.2, 0.25) is 0 Å². The van der Waals surface area contributed by atoms with Gasteiger partial charge in [0, 0.05) is 16.6 Å². The van der Waals surface area contributed by atoms with E-state index in [-0.39, 0.29) is 0 Å². The smallest absolute Gasteiger partial charge is 0.0540 e. The number of anilines is 3. The maximum Gasteiger partial charge on any atom is 0.0540 e. The highest BCUT2D eigenvalue weighted by atomic mass is 15.1. The zero-order chi connectivity index (χ0) is 26.0.